The molecule has 0 aliphatic heterocycles. The zero-order valence-corrected chi connectivity index (χ0v) is 12.5. The Hall–Kier alpha value is -3.37. The third-order valence-electron chi connectivity index (χ3n) is 2.96. The summed E-state index contributed by atoms with van der Waals surface area (Å²) in [5.74, 6) is -4.67. The second-order valence-corrected chi connectivity index (χ2v) is 4.68. The second kappa shape index (κ2) is 7.25. The summed E-state index contributed by atoms with van der Waals surface area (Å²) < 4.78 is 59.7. The third kappa shape index (κ3) is 3.99. The average molecular weight is 373 g/mol. The Morgan fingerprint density at radius 3 is 2.31 bits per heavy atom. The summed E-state index contributed by atoms with van der Waals surface area (Å²) in [5, 5.41) is 17.2. The van der Waals surface area contributed by atoms with Crippen molar-refractivity contribution in [3.8, 4) is 17.0 Å². The fraction of sp³-hybridized carbons (Fsp3) is 0.0667. The molecule has 26 heavy (non-hydrogen) atoms. The predicted molar refractivity (Wildman–Crippen MR) is 78.0 cm³/mol. The summed E-state index contributed by atoms with van der Waals surface area (Å²) in [4.78, 5) is 20.3. The van der Waals surface area contributed by atoms with Gasteiger partial charge in [-0.15, -0.1) is 0 Å². The van der Waals surface area contributed by atoms with E-state index in [4.69, 9.17) is 9.90 Å². The van der Waals surface area contributed by atoms with Crippen molar-refractivity contribution in [3.05, 3.63) is 48.6 Å². The maximum Gasteiger partial charge on any atom is 0.490 e. The fourth-order valence-electron chi connectivity index (χ4n) is 1.84. The Morgan fingerprint density at radius 2 is 1.73 bits per heavy atom. The third-order valence-corrected chi connectivity index (χ3v) is 2.96. The summed E-state index contributed by atoms with van der Waals surface area (Å²) in [7, 11) is 0. The second-order valence-electron chi connectivity index (χ2n) is 4.68. The molecule has 0 aliphatic rings. The molecule has 2 N–H and O–H groups in total. The van der Waals surface area contributed by atoms with E-state index in [0.717, 1.165) is 6.07 Å². The molecule has 0 saturated heterocycles. The van der Waals surface area contributed by atoms with Gasteiger partial charge in [-0.1, -0.05) is 6.07 Å². The maximum atomic E-state index is 14.3. The number of aromatic nitrogens is 3. The van der Waals surface area contributed by atoms with Crippen LogP contribution in [0.15, 0.2) is 36.9 Å². The number of carbonyl (C=O) groups is 1. The number of phenols is 1. The molecule has 136 valence electrons. The number of phenolic OH excluding ortho intramolecular Hbond substituents is 1. The SMILES string of the molecule is O=C(O)C(F)(F)F.Oc1cccc(F)c1-c1ncc2cncnc2c1F. The van der Waals surface area contributed by atoms with Crippen LogP contribution in [0, 0.1) is 11.6 Å². The van der Waals surface area contributed by atoms with Gasteiger partial charge in [0.25, 0.3) is 0 Å². The largest absolute Gasteiger partial charge is 0.507 e. The van der Waals surface area contributed by atoms with Crippen molar-refractivity contribution in [2.75, 3.05) is 0 Å². The Labute approximate surface area is 141 Å². The topological polar surface area (TPSA) is 96.2 Å². The number of hydrogen-bond donors (Lipinski definition) is 2. The number of hydrogen-bond acceptors (Lipinski definition) is 5. The molecule has 0 aliphatic carbocycles. The molecule has 0 unspecified atom stereocenters. The predicted octanol–water partition coefficient (Wildman–Crippen LogP) is 3.31. The van der Waals surface area contributed by atoms with Crippen molar-refractivity contribution in [3.63, 3.8) is 0 Å². The standard InChI is InChI=1S/C13H7F2N3O.C2HF3O2/c14-8-2-1-3-9(19)10(8)13-11(15)12-7(5-17-13)4-16-6-18-12;3-2(4,5)1(6)7/h1-6,19H;(H,6,7). The molecule has 6 nitrogen and oxygen atoms in total. The first-order chi connectivity index (χ1) is 12.1. The van der Waals surface area contributed by atoms with Gasteiger partial charge in [0.15, 0.2) is 5.82 Å². The van der Waals surface area contributed by atoms with E-state index in [2.05, 4.69) is 15.0 Å². The molecule has 0 amide bonds. The van der Waals surface area contributed by atoms with Crippen LogP contribution in [0.3, 0.4) is 0 Å². The van der Waals surface area contributed by atoms with Crippen molar-refractivity contribution in [1.29, 1.82) is 0 Å². The van der Waals surface area contributed by atoms with Gasteiger partial charge < -0.3 is 10.2 Å². The summed E-state index contributed by atoms with van der Waals surface area (Å²) >= 11 is 0. The summed E-state index contributed by atoms with van der Waals surface area (Å²) in [6, 6.07) is 3.72. The van der Waals surface area contributed by atoms with Gasteiger partial charge in [-0.3, -0.25) is 4.98 Å². The first kappa shape index (κ1) is 19.0. The van der Waals surface area contributed by atoms with E-state index in [9.17, 15) is 27.1 Å². The van der Waals surface area contributed by atoms with Crippen molar-refractivity contribution < 1.29 is 37.0 Å². The number of benzene rings is 1. The first-order valence-corrected chi connectivity index (χ1v) is 6.65. The van der Waals surface area contributed by atoms with Crippen molar-refractivity contribution in [1.82, 2.24) is 15.0 Å². The zero-order valence-electron chi connectivity index (χ0n) is 12.5. The zero-order chi connectivity index (χ0) is 19.5. The van der Waals surface area contributed by atoms with Crippen LogP contribution >= 0.6 is 0 Å². The molecule has 0 atom stereocenters. The van der Waals surface area contributed by atoms with E-state index >= 15 is 0 Å². The first-order valence-electron chi connectivity index (χ1n) is 6.65. The highest BCUT2D eigenvalue weighted by Gasteiger charge is 2.38. The Balaban J connectivity index is 0.000000298. The molecule has 0 bridgehead atoms. The number of alkyl halides is 3. The smallest absolute Gasteiger partial charge is 0.490 e. The van der Waals surface area contributed by atoms with Gasteiger partial charge in [-0.25, -0.2) is 23.5 Å². The van der Waals surface area contributed by atoms with Gasteiger partial charge in [0.2, 0.25) is 0 Å². The molecule has 1 aromatic carbocycles. The van der Waals surface area contributed by atoms with Gasteiger partial charge in [0.1, 0.15) is 29.1 Å². The minimum Gasteiger partial charge on any atom is -0.507 e. The number of nitrogens with zero attached hydrogens (tertiary/aromatic N) is 3. The average Bonchev–Trinajstić information content (AvgIpc) is 2.56. The Kier molecular flexibility index (Phi) is 5.29. The van der Waals surface area contributed by atoms with E-state index in [1.807, 2.05) is 0 Å². The minimum atomic E-state index is -5.08. The summed E-state index contributed by atoms with van der Waals surface area (Å²) in [6.07, 6.45) is -1.15. The highest BCUT2D eigenvalue weighted by Crippen LogP contribution is 2.33. The molecule has 2 heterocycles. The molecule has 3 rings (SSSR count). The van der Waals surface area contributed by atoms with E-state index in [1.54, 1.807) is 0 Å². The lowest BCUT2D eigenvalue weighted by Gasteiger charge is -2.07. The van der Waals surface area contributed by atoms with Crippen LogP contribution in [-0.2, 0) is 4.79 Å². The number of halogens is 5. The molecule has 3 aromatic rings. The number of carboxylic acid groups (broad SMARTS) is 1. The lowest BCUT2D eigenvalue weighted by molar-refractivity contribution is -0.192. The highest BCUT2D eigenvalue weighted by molar-refractivity contribution is 5.83. The number of carboxylic acids is 1. The van der Waals surface area contributed by atoms with Crippen molar-refractivity contribution >= 4 is 16.9 Å². The van der Waals surface area contributed by atoms with Crippen molar-refractivity contribution in [2.45, 2.75) is 6.18 Å². The molecule has 0 spiro atoms. The molecule has 2 aromatic heterocycles. The van der Waals surface area contributed by atoms with Gasteiger partial charge in [-0.05, 0) is 12.1 Å². The van der Waals surface area contributed by atoms with Crippen LogP contribution in [-0.4, -0.2) is 37.3 Å². The van der Waals surface area contributed by atoms with Gasteiger partial charge in [0, 0.05) is 17.8 Å². The molecule has 0 radical (unpaired) electrons. The number of fused-ring (bicyclic) bond motifs is 1. The van der Waals surface area contributed by atoms with Crippen LogP contribution in [0.25, 0.3) is 22.2 Å². The summed E-state index contributed by atoms with van der Waals surface area (Å²) in [5.41, 5.74) is -0.523. The lowest BCUT2D eigenvalue weighted by Crippen LogP contribution is -2.21. The van der Waals surface area contributed by atoms with E-state index in [1.165, 1.54) is 30.9 Å². The minimum absolute atomic E-state index is 0.0302. The number of pyridine rings is 1. The van der Waals surface area contributed by atoms with E-state index < -0.39 is 23.8 Å². The van der Waals surface area contributed by atoms with Crippen LogP contribution in [0.5, 0.6) is 5.75 Å². The molecule has 11 heteroatoms. The molecule has 0 saturated carbocycles. The number of aliphatic carboxylic acids is 1. The Bertz CT molecular complexity index is 943. The van der Waals surface area contributed by atoms with Crippen molar-refractivity contribution in [2.24, 2.45) is 0 Å². The normalized spacial score (nSPS) is 11.0. The highest BCUT2D eigenvalue weighted by atomic mass is 19.4. The monoisotopic (exact) mass is 373 g/mol. The molecular formula is C15H8F5N3O3. The Morgan fingerprint density at radius 1 is 1.08 bits per heavy atom. The van der Waals surface area contributed by atoms with Gasteiger partial charge in [-0.2, -0.15) is 13.2 Å². The van der Waals surface area contributed by atoms with E-state index in [-0.39, 0.29) is 22.5 Å². The molecular weight excluding hydrogens is 365 g/mol. The molecule has 0 fully saturated rings. The lowest BCUT2D eigenvalue weighted by atomic mass is 10.1. The quantitative estimate of drug-likeness (QED) is 0.636. The number of rotatable bonds is 1. The van der Waals surface area contributed by atoms with Crippen LogP contribution in [0.2, 0.25) is 0 Å². The van der Waals surface area contributed by atoms with Gasteiger partial charge >= 0.3 is 12.1 Å². The fourth-order valence-corrected chi connectivity index (χ4v) is 1.84. The maximum absolute atomic E-state index is 14.3. The van der Waals surface area contributed by atoms with Gasteiger partial charge in [0.05, 0.1) is 5.56 Å². The summed E-state index contributed by atoms with van der Waals surface area (Å²) in [6.45, 7) is 0. The van der Waals surface area contributed by atoms with Crippen LogP contribution in [0.1, 0.15) is 0 Å². The number of aromatic hydroxyl groups is 1. The van der Waals surface area contributed by atoms with Crippen LogP contribution in [0.4, 0.5) is 22.0 Å². The van der Waals surface area contributed by atoms with Crippen LogP contribution < -0.4 is 0 Å². The van der Waals surface area contributed by atoms with E-state index in [0.29, 0.717) is 5.39 Å².